The Morgan fingerprint density at radius 3 is 2.85 bits per heavy atom. The molecule has 1 aliphatic rings. The fraction of sp³-hybridized carbons (Fsp3) is 0.500. The minimum atomic E-state index is -0.532. The molecule has 1 fully saturated rings. The third kappa shape index (κ3) is 3.38. The number of amides is 2. The second kappa shape index (κ2) is 6.55. The minimum absolute atomic E-state index is 0.208. The number of rotatable bonds is 2. The number of hydrogen-bond acceptors (Lipinski definition) is 2. The zero-order valence-electron chi connectivity index (χ0n) is 12.2. The average molecular weight is 274 g/mol. The molecule has 1 unspecified atom stereocenters. The average Bonchev–Trinajstić information content (AvgIpc) is 2.46. The van der Waals surface area contributed by atoms with E-state index in [1.807, 2.05) is 25.1 Å². The van der Waals surface area contributed by atoms with Crippen molar-refractivity contribution in [3.63, 3.8) is 0 Å². The van der Waals surface area contributed by atoms with Gasteiger partial charge in [0.1, 0.15) is 0 Å². The zero-order valence-corrected chi connectivity index (χ0v) is 12.2. The van der Waals surface area contributed by atoms with Gasteiger partial charge in [0.25, 0.3) is 0 Å². The highest BCUT2D eigenvalue weighted by atomic mass is 16.2. The van der Waals surface area contributed by atoms with Crippen LogP contribution in [0.5, 0.6) is 0 Å². The summed E-state index contributed by atoms with van der Waals surface area (Å²) in [5.41, 5.74) is 1.73. The van der Waals surface area contributed by atoms with Crippen LogP contribution in [-0.4, -0.2) is 29.3 Å². The summed E-state index contributed by atoms with van der Waals surface area (Å²) in [6.07, 6.45) is 4.03. The molecule has 2 rings (SSSR count). The van der Waals surface area contributed by atoms with E-state index in [0.717, 1.165) is 31.2 Å². The zero-order chi connectivity index (χ0) is 14.5. The first-order valence-electron chi connectivity index (χ1n) is 7.30. The van der Waals surface area contributed by atoms with E-state index >= 15 is 0 Å². The molecule has 0 aliphatic carbocycles. The fourth-order valence-corrected chi connectivity index (χ4v) is 2.73. The highest BCUT2D eigenvalue weighted by Crippen LogP contribution is 2.20. The molecule has 1 aromatic rings. The van der Waals surface area contributed by atoms with Crippen LogP contribution in [0.1, 0.15) is 38.2 Å². The Morgan fingerprint density at radius 2 is 2.15 bits per heavy atom. The van der Waals surface area contributed by atoms with Crippen molar-refractivity contribution < 1.29 is 9.59 Å². The SMILES string of the molecule is CCC1CCCCN1C(=O)C(=O)Nc1cccc(C)c1. The molecule has 1 saturated heterocycles. The molecule has 108 valence electrons. The first-order valence-corrected chi connectivity index (χ1v) is 7.30. The maximum atomic E-state index is 12.3. The number of aryl methyl sites for hydroxylation is 1. The van der Waals surface area contributed by atoms with Crippen molar-refractivity contribution in [2.75, 3.05) is 11.9 Å². The number of nitrogens with zero attached hydrogens (tertiary/aromatic N) is 1. The molecule has 2 amide bonds. The summed E-state index contributed by atoms with van der Waals surface area (Å²) in [7, 11) is 0. The Balaban J connectivity index is 2.02. The molecule has 0 saturated carbocycles. The number of anilines is 1. The number of carbonyl (C=O) groups is 2. The molecule has 0 radical (unpaired) electrons. The molecule has 1 N–H and O–H groups in total. The third-order valence-corrected chi connectivity index (χ3v) is 3.83. The van der Waals surface area contributed by atoms with Crippen LogP contribution in [0.3, 0.4) is 0 Å². The Bertz CT molecular complexity index is 499. The van der Waals surface area contributed by atoms with Crippen molar-refractivity contribution in [1.82, 2.24) is 4.90 Å². The van der Waals surface area contributed by atoms with E-state index < -0.39 is 11.8 Å². The molecule has 1 heterocycles. The predicted octanol–water partition coefficient (Wildman–Crippen LogP) is 2.72. The van der Waals surface area contributed by atoms with Gasteiger partial charge in [-0.2, -0.15) is 0 Å². The van der Waals surface area contributed by atoms with E-state index in [2.05, 4.69) is 12.2 Å². The lowest BCUT2D eigenvalue weighted by Crippen LogP contribution is -2.48. The van der Waals surface area contributed by atoms with Crippen molar-refractivity contribution in [2.24, 2.45) is 0 Å². The summed E-state index contributed by atoms with van der Waals surface area (Å²) < 4.78 is 0. The van der Waals surface area contributed by atoms with Crippen LogP contribution < -0.4 is 5.32 Å². The van der Waals surface area contributed by atoms with Gasteiger partial charge < -0.3 is 10.2 Å². The Morgan fingerprint density at radius 1 is 1.35 bits per heavy atom. The topological polar surface area (TPSA) is 49.4 Å². The Labute approximate surface area is 120 Å². The predicted molar refractivity (Wildman–Crippen MR) is 79.5 cm³/mol. The highest BCUT2D eigenvalue weighted by Gasteiger charge is 2.29. The summed E-state index contributed by atoms with van der Waals surface area (Å²) in [5.74, 6) is -0.936. The van der Waals surface area contributed by atoms with E-state index in [4.69, 9.17) is 0 Å². The van der Waals surface area contributed by atoms with Gasteiger partial charge in [-0.05, 0) is 50.3 Å². The van der Waals surface area contributed by atoms with E-state index in [1.54, 1.807) is 11.0 Å². The maximum absolute atomic E-state index is 12.3. The largest absolute Gasteiger partial charge is 0.331 e. The fourth-order valence-electron chi connectivity index (χ4n) is 2.73. The highest BCUT2D eigenvalue weighted by molar-refractivity contribution is 6.39. The van der Waals surface area contributed by atoms with Crippen LogP contribution in [0.4, 0.5) is 5.69 Å². The number of benzene rings is 1. The lowest BCUT2D eigenvalue weighted by Gasteiger charge is -2.34. The van der Waals surface area contributed by atoms with Gasteiger partial charge in [-0.1, -0.05) is 19.1 Å². The number of hydrogen-bond donors (Lipinski definition) is 1. The van der Waals surface area contributed by atoms with Crippen molar-refractivity contribution in [1.29, 1.82) is 0 Å². The summed E-state index contributed by atoms with van der Waals surface area (Å²) in [6.45, 7) is 4.71. The molecule has 1 atom stereocenters. The molecule has 0 spiro atoms. The van der Waals surface area contributed by atoms with Crippen LogP contribution >= 0.6 is 0 Å². The number of nitrogens with one attached hydrogen (secondary N) is 1. The van der Waals surface area contributed by atoms with Crippen LogP contribution in [0.2, 0.25) is 0 Å². The monoisotopic (exact) mass is 274 g/mol. The summed E-state index contributed by atoms with van der Waals surface area (Å²) in [4.78, 5) is 26.1. The van der Waals surface area contributed by atoms with Crippen molar-refractivity contribution in [3.05, 3.63) is 29.8 Å². The minimum Gasteiger partial charge on any atom is -0.331 e. The summed E-state index contributed by atoms with van der Waals surface area (Å²) >= 11 is 0. The normalized spacial score (nSPS) is 18.7. The van der Waals surface area contributed by atoms with Gasteiger partial charge in [0.05, 0.1) is 0 Å². The van der Waals surface area contributed by atoms with Crippen molar-refractivity contribution in [2.45, 2.75) is 45.6 Å². The number of carbonyl (C=O) groups excluding carboxylic acids is 2. The molecule has 4 nitrogen and oxygen atoms in total. The molecule has 1 aliphatic heterocycles. The van der Waals surface area contributed by atoms with E-state index in [0.29, 0.717) is 12.2 Å². The van der Waals surface area contributed by atoms with Crippen molar-refractivity contribution >= 4 is 17.5 Å². The van der Waals surface area contributed by atoms with Gasteiger partial charge in [0.15, 0.2) is 0 Å². The smallest absolute Gasteiger partial charge is 0.313 e. The van der Waals surface area contributed by atoms with Crippen molar-refractivity contribution in [3.8, 4) is 0 Å². The maximum Gasteiger partial charge on any atom is 0.313 e. The lowest BCUT2D eigenvalue weighted by molar-refractivity contribution is -0.145. The summed E-state index contributed by atoms with van der Waals surface area (Å²) in [6, 6.07) is 7.68. The van der Waals surface area contributed by atoms with Crippen LogP contribution in [0.15, 0.2) is 24.3 Å². The molecule has 0 aromatic heterocycles. The second-order valence-electron chi connectivity index (χ2n) is 5.38. The van der Waals surface area contributed by atoms with Gasteiger partial charge >= 0.3 is 11.8 Å². The molecular formula is C16H22N2O2. The third-order valence-electron chi connectivity index (χ3n) is 3.83. The second-order valence-corrected chi connectivity index (χ2v) is 5.38. The van der Waals surface area contributed by atoms with E-state index in [-0.39, 0.29) is 6.04 Å². The van der Waals surface area contributed by atoms with Crippen LogP contribution in [-0.2, 0) is 9.59 Å². The first-order chi connectivity index (χ1) is 9.61. The van der Waals surface area contributed by atoms with Crippen LogP contribution in [0.25, 0.3) is 0 Å². The lowest BCUT2D eigenvalue weighted by atomic mass is 10.00. The molecule has 4 heteroatoms. The molecule has 1 aromatic carbocycles. The quantitative estimate of drug-likeness (QED) is 0.843. The molecule has 20 heavy (non-hydrogen) atoms. The van der Waals surface area contributed by atoms with Gasteiger partial charge in [0, 0.05) is 18.3 Å². The first kappa shape index (κ1) is 14.6. The van der Waals surface area contributed by atoms with Gasteiger partial charge in [-0.15, -0.1) is 0 Å². The molecule has 0 bridgehead atoms. The number of likely N-dealkylation sites (tertiary alicyclic amines) is 1. The Hall–Kier alpha value is -1.84. The van der Waals surface area contributed by atoms with E-state index in [1.165, 1.54) is 0 Å². The van der Waals surface area contributed by atoms with Gasteiger partial charge in [-0.3, -0.25) is 9.59 Å². The van der Waals surface area contributed by atoms with E-state index in [9.17, 15) is 9.59 Å². The molecular weight excluding hydrogens is 252 g/mol. The van der Waals surface area contributed by atoms with Gasteiger partial charge in [0.2, 0.25) is 0 Å². The summed E-state index contributed by atoms with van der Waals surface area (Å²) in [5, 5.41) is 2.69. The standard InChI is InChI=1S/C16H22N2O2/c1-3-14-9-4-5-10-18(14)16(20)15(19)17-13-8-6-7-12(2)11-13/h6-8,11,14H,3-5,9-10H2,1-2H3,(H,17,19). The Kier molecular flexibility index (Phi) is 4.77. The van der Waals surface area contributed by atoms with Gasteiger partial charge in [-0.25, -0.2) is 0 Å². The van der Waals surface area contributed by atoms with Crippen LogP contribution in [0, 0.1) is 6.92 Å². The number of piperidine rings is 1.